The second-order valence-corrected chi connectivity index (χ2v) is 10.1. The van der Waals surface area contributed by atoms with Crippen LogP contribution in [0.4, 0.5) is 0 Å². The summed E-state index contributed by atoms with van der Waals surface area (Å²) in [7, 11) is -4.34. The smallest absolute Gasteiger partial charge is 0.296 e. The predicted octanol–water partition coefficient (Wildman–Crippen LogP) is 3.34. The average Bonchev–Trinajstić information content (AvgIpc) is 3.61. The van der Waals surface area contributed by atoms with E-state index in [0.717, 1.165) is 29.2 Å². The number of benzene rings is 2. The van der Waals surface area contributed by atoms with E-state index in [1.165, 1.54) is 6.08 Å². The van der Waals surface area contributed by atoms with Crippen molar-refractivity contribution in [3.8, 4) is 22.5 Å². The quantitative estimate of drug-likeness (QED) is 0.181. The molecule has 1 saturated heterocycles. The molecule has 0 spiro atoms. The SMILES string of the molecule is O=C1NC(S(=O)(=O)O)SC1=Cc1c[nH]nc1-c1ccccc1.O=Cc1c[nH]nc1-c1ccccc1. The highest BCUT2D eigenvalue weighted by Gasteiger charge is 2.36. The van der Waals surface area contributed by atoms with E-state index in [4.69, 9.17) is 4.55 Å². The maximum atomic E-state index is 11.8. The molecule has 12 heteroatoms. The number of aromatic amines is 2. The van der Waals surface area contributed by atoms with E-state index in [9.17, 15) is 18.0 Å². The number of hydrogen-bond acceptors (Lipinski definition) is 7. The molecule has 4 aromatic rings. The molecule has 1 aliphatic heterocycles. The van der Waals surface area contributed by atoms with E-state index >= 15 is 0 Å². The Kier molecular flexibility index (Phi) is 7.25. The standard InChI is InChI=1S/C13H11N3O4S2.C10H8N2O/c17-12-10(21-13(15-12)22(18,19)20)6-9-7-14-16-11(9)8-4-2-1-3-5-8;13-7-9-6-11-12-10(9)8-4-2-1-3-5-8/h1-7,13H,(H,14,16)(H,15,17)(H,18,19,20);1-7H,(H,11,12). The molecule has 5 rings (SSSR count). The minimum Gasteiger partial charge on any atom is -0.324 e. The molecular formula is C23H19N5O5S2. The van der Waals surface area contributed by atoms with Crippen LogP contribution < -0.4 is 5.32 Å². The first-order valence-electron chi connectivity index (χ1n) is 10.2. The molecule has 4 N–H and O–H groups in total. The van der Waals surface area contributed by atoms with E-state index in [1.807, 2.05) is 60.7 Å². The van der Waals surface area contributed by atoms with Gasteiger partial charge in [-0.1, -0.05) is 72.4 Å². The molecule has 10 nitrogen and oxygen atoms in total. The van der Waals surface area contributed by atoms with Crippen LogP contribution in [0.15, 0.2) is 78.0 Å². The molecule has 1 atom stereocenters. The number of amides is 1. The molecule has 3 heterocycles. The van der Waals surface area contributed by atoms with Crippen LogP contribution in [0.3, 0.4) is 0 Å². The van der Waals surface area contributed by atoms with Crippen molar-refractivity contribution in [2.24, 2.45) is 0 Å². The fraction of sp³-hybridized carbons (Fsp3) is 0.0435. The zero-order valence-corrected chi connectivity index (χ0v) is 19.6. The van der Waals surface area contributed by atoms with Crippen molar-refractivity contribution in [1.82, 2.24) is 25.7 Å². The lowest BCUT2D eigenvalue weighted by Crippen LogP contribution is -2.31. The van der Waals surface area contributed by atoms with Gasteiger partial charge in [-0.15, -0.1) is 0 Å². The number of thioether (sulfide) groups is 1. The topological polar surface area (TPSA) is 158 Å². The Morgan fingerprint density at radius 3 is 1.86 bits per heavy atom. The summed E-state index contributed by atoms with van der Waals surface area (Å²) >= 11 is 0.749. The van der Waals surface area contributed by atoms with Crippen molar-refractivity contribution in [3.05, 3.63) is 89.1 Å². The second kappa shape index (κ2) is 10.5. The normalized spacial score (nSPS) is 16.4. The molecule has 0 radical (unpaired) electrons. The number of H-pyrrole nitrogens is 2. The molecule has 1 aliphatic rings. The van der Waals surface area contributed by atoms with Crippen molar-refractivity contribution in [1.29, 1.82) is 0 Å². The van der Waals surface area contributed by atoms with Gasteiger partial charge in [0.2, 0.25) is 4.71 Å². The Morgan fingerprint density at radius 2 is 1.37 bits per heavy atom. The van der Waals surface area contributed by atoms with Gasteiger partial charge in [0.05, 0.1) is 16.2 Å². The summed E-state index contributed by atoms with van der Waals surface area (Å²) in [6, 6.07) is 19.0. The van der Waals surface area contributed by atoms with Gasteiger partial charge < -0.3 is 5.32 Å². The van der Waals surface area contributed by atoms with Gasteiger partial charge in [-0.3, -0.25) is 24.3 Å². The number of aldehydes is 1. The molecule has 35 heavy (non-hydrogen) atoms. The summed E-state index contributed by atoms with van der Waals surface area (Å²) in [4.78, 5) is 22.6. The number of rotatable bonds is 5. The number of hydrogen-bond donors (Lipinski definition) is 4. The van der Waals surface area contributed by atoms with Crippen LogP contribution in [-0.4, -0.2) is 50.3 Å². The third-order valence-corrected chi connectivity index (χ3v) is 7.39. The predicted molar refractivity (Wildman–Crippen MR) is 132 cm³/mol. The van der Waals surface area contributed by atoms with Gasteiger partial charge in [-0.25, -0.2) is 0 Å². The number of carbonyl (C=O) groups excluding carboxylic acids is 2. The van der Waals surface area contributed by atoms with Gasteiger partial charge in [0.15, 0.2) is 6.29 Å². The van der Waals surface area contributed by atoms with Crippen LogP contribution in [0.1, 0.15) is 15.9 Å². The first-order valence-corrected chi connectivity index (χ1v) is 12.5. The molecule has 0 saturated carbocycles. The minimum absolute atomic E-state index is 0.196. The largest absolute Gasteiger partial charge is 0.324 e. The number of carbonyl (C=O) groups is 2. The van der Waals surface area contributed by atoms with Crippen LogP contribution in [0.5, 0.6) is 0 Å². The zero-order chi connectivity index (χ0) is 24.8. The Hall–Kier alpha value is -4.00. The molecule has 1 amide bonds. The molecule has 1 fully saturated rings. The fourth-order valence-electron chi connectivity index (χ4n) is 3.21. The lowest BCUT2D eigenvalue weighted by atomic mass is 10.1. The van der Waals surface area contributed by atoms with Crippen LogP contribution in [0, 0.1) is 0 Å². The number of aromatic nitrogens is 4. The first-order chi connectivity index (χ1) is 16.9. The second-order valence-electron chi connectivity index (χ2n) is 7.18. The van der Waals surface area contributed by atoms with Gasteiger partial charge in [-0.2, -0.15) is 18.6 Å². The summed E-state index contributed by atoms with van der Waals surface area (Å²) < 4.78 is 29.8. The van der Waals surface area contributed by atoms with Crippen LogP contribution in [0.2, 0.25) is 0 Å². The average molecular weight is 510 g/mol. The highest BCUT2D eigenvalue weighted by molar-refractivity contribution is 8.15. The van der Waals surface area contributed by atoms with Crippen LogP contribution in [-0.2, 0) is 14.9 Å². The van der Waals surface area contributed by atoms with Gasteiger partial charge in [0, 0.05) is 29.1 Å². The van der Waals surface area contributed by atoms with E-state index in [1.54, 1.807) is 12.4 Å². The van der Waals surface area contributed by atoms with Crippen molar-refractivity contribution >= 4 is 40.1 Å². The van der Waals surface area contributed by atoms with E-state index in [-0.39, 0.29) is 4.91 Å². The molecule has 0 bridgehead atoms. The van der Waals surface area contributed by atoms with E-state index < -0.39 is 20.7 Å². The van der Waals surface area contributed by atoms with Crippen LogP contribution >= 0.6 is 11.8 Å². The molecule has 1 unspecified atom stereocenters. The zero-order valence-electron chi connectivity index (χ0n) is 18.0. The highest BCUT2D eigenvalue weighted by Crippen LogP contribution is 2.33. The third kappa shape index (κ3) is 5.74. The fourth-order valence-corrected chi connectivity index (χ4v) is 5.02. The monoisotopic (exact) mass is 509 g/mol. The summed E-state index contributed by atoms with van der Waals surface area (Å²) in [6.07, 6.45) is 5.54. The van der Waals surface area contributed by atoms with Crippen molar-refractivity contribution < 1.29 is 22.6 Å². The summed E-state index contributed by atoms with van der Waals surface area (Å²) in [6.45, 7) is 0. The maximum absolute atomic E-state index is 11.8. The van der Waals surface area contributed by atoms with Crippen LogP contribution in [0.25, 0.3) is 28.6 Å². The number of nitrogens with zero attached hydrogens (tertiary/aromatic N) is 2. The Labute approximate surface area is 204 Å². The van der Waals surface area contributed by atoms with Crippen molar-refractivity contribution in [2.75, 3.05) is 0 Å². The maximum Gasteiger partial charge on any atom is 0.296 e. The third-order valence-electron chi connectivity index (χ3n) is 4.82. The minimum atomic E-state index is -4.34. The molecule has 2 aromatic carbocycles. The Balaban J connectivity index is 0.000000189. The molecule has 0 aliphatic carbocycles. The van der Waals surface area contributed by atoms with Gasteiger partial charge in [0.1, 0.15) is 5.69 Å². The van der Waals surface area contributed by atoms with Crippen molar-refractivity contribution in [3.63, 3.8) is 0 Å². The van der Waals surface area contributed by atoms with Crippen molar-refractivity contribution in [2.45, 2.75) is 4.71 Å². The van der Waals surface area contributed by atoms with Gasteiger partial charge in [-0.05, 0) is 6.08 Å². The lowest BCUT2D eigenvalue weighted by molar-refractivity contribution is -0.116. The van der Waals surface area contributed by atoms with E-state index in [0.29, 0.717) is 22.5 Å². The Morgan fingerprint density at radius 1 is 0.857 bits per heavy atom. The molecular weight excluding hydrogens is 490 g/mol. The Bertz CT molecular complexity index is 1460. The summed E-state index contributed by atoms with van der Waals surface area (Å²) in [5.41, 5.74) is 4.41. The van der Waals surface area contributed by atoms with Gasteiger partial charge in [0.25, 0.3) is 16.0 Å². The van der Waals surface area contributed by atoms with Gasteiger partial charge >= 0.3 is 0 Å². The summed E-state index contributed by atoms with van der Waals surface area (Å²) in [5.74, 6) is -0.548. The van der Waals surface area contributed by atoms with E-state index in [2.05, 4.69) is 25.7 Å². The molecule has 178 valence electrons. The number of nitrogens with one attached hydrogen (secondary N) is 3. The highest BCUT2D eigenvalue weighted by atomic mass is 32.3. The first kappa shape index (κ1) is 24.1. The lowest BCUT2D eigenvalue weighted by Gasteiger charge is -2.02. The molecule has 2 aromatic heterocycles. The summed E-state index contributed by atoms with van der Waals surface area (Å²) in [5, 5.41) is 15.7.